The number of nitrogens with zero attached hydrogens (tertiary/aromatic N) is 1. The van der Waals surface area contributed by atoms with E-state index in [9.17, 15) is 14.6 Å². The third-order valence-corrected chi connectivity index (χ3v) is 3.45. The van der Waals surface area contributed by atoms with Gasteiger partial charge in [0.1, 0.15) is 17.3 Å². The number of aromatic hydroxyl groups is 2. The van der Waals surface area contributed by atoms with Gasteiger partial charge in [0, 0.05) is 6.54 Å². The lowest BCUT2D eigenvalue weighted by atomic mass is 10.0. The van der Waals surface area contributed by atoms with Gasteiger partial charge in [-0.05, 0) is 38.1 Å². The molecule has 0 aliphatic rings. The largest absolute Gasteiger partial charge is 0.507 e. The second-order valence-corrected chi connectivity index (χ2v) is 4.62. The van der Waals surface area contributed by atoms with Crippen molar-refractivity contribution in [3.63, 3.8) is 0 Å². The highest BCUT2D eigenvalue weighted by atomic mass is 19.1. The molecule has 4 heteroatoms. The third-order valence-electron chi connectivity index (χ3n) is 3.45. The van der Waals surface area contributed by atoms with Gasteiger partial charge in [0.25, 0.3) is 0 Å². The van der Waals surface area contributed by atoms with E-state index in [4.69, 9.17) is 0 Å². The van der Waals surface area contributed by atoms with E-state index in [1.165, 1.54) is 18.2 Å². The zero-order valence-corrected chi connectivity index (χ0v) is 11.5. The molecule has 0 bridgehead atoms. The van der Waals surface area contributed by atoms with Gasteiger partial charge in [-0.25, -0.2) is 4.39 Å². The summed E-state index contributed by atoms with van der Waals surface area (Å²) in [5, 5.41) is 19.9. The van der Waals surface area contributed by atoms with Crippen LogP contribution < -0.4 is 4.90 Å². The lowest BCUT2D eigenvalue weighted by molar-refractivity contribution is 0.428. The Hall–Kier alpha value is -2.23. The lowest BCUT2D eigenvalue weighted by Crippen LogP contribution is -2.27. The van der Waals surface area contributed by atoms with E-state index in [0.717, 1.165) is 0 Å². The average molecular weight is 275 g/mol. The first-order chi connectivity index (χ1) is 9.56. The topological polar surface area (TPSA) is 43.7 Å². The molecule has 0 heterocycles. The van der Waals surface area contributed by atoms with Crippen LogP contribution in [0, 0.1) is 5.82 Å². The van der Waals surface area contributed by atoms with Crippen molar-refractivity contribution < 1.29 is 14.6 Å². The molecule has 1 unspecified atom stereocenters. The molecule has 2 rings (SSSR count). The van der Waals surface area contributed by atoms with Gasteiger partial charge in [0.2, 0.25) is 0 Å². The average Bonchev–Trinajstić information content (AvgIpc) is 2.41. The molecule has 2 N–H and O–H groups in total. The van der Waals surface area contributed by atoms with Gasteiger partial charge < -0.3 is 15.1 Å². The Kier molecular flexibility index (Phi) is 4.13. The van der Waals surface area contributed by atoms with E-state index in [1.807, 2.05) is 13.8 Å². The van der Waals surface area contributed by atoms with Crippen molar-refractivity contribution in [1.82, 2.24) is 0 Å². The van der Waals surface area contributed by atoms with Crippen LogP contribution in [0.15, 0.2) is 42.5 Å². The van der Waals surface area contributed by atoms with Gasteiger partial charge in [0.05, 0.1) is 17.3 Å². The maximum Gasteiger partial charge on any atom is 0.146 e. The number of phenols is 2. The quantitative estimate of drug-likeness (QED) is 0.891. The van der Waals surface area contributed by atoms with Crippen LogP contribution in [0.3, 0.4) is 0 Å². The number of hydrogen-bond acceptors (Lipinski definition) is 3. The summed E-state index contributed by atoms with van der Waals surface area (Å²) >= 11 is 0. The van der Waals surface area contributed by atoms with Gasteiger partial charge >= 0.3 is 0 Å². The van der Waals surface area contributed by atoms with Crippen LogP contribution in [-0.2, 0) is 0 Å². The van der Waals surface area contributed by atoms with Crippen molar-refractivity contribution >= 4 is 5.69 Å². The number of phenolic OH excluding ortho intramolecular Hbond substituents is 2. The monoisotopic (exact) mass is 275 g/mol. The highest BCUT2D eigenvalue weighted by molar-refractivity contribution is 5.54. The summed E-state index contributed by atoms with van der Waals surface area (Å²) in [7, 11) is 0. The van der Waals surface area contributed by atoms with E-state index < -0.39 is 0 Å². The Balaban J connectivity index is 2.45. The van der Waals surface area contributed by atoms with Crippen molar-refractivity contribution in [1.29, 1.82) is 0 Å². The highest BCUT2D eigenvalue weighted by Gasteiger charge is 2.22. The molecule has 106 valence electrons. The zero-order chi connectivity index (χ0) is 14.7. The summed E-state index contributed by atoms with van der Waals surface area (Å²) in [5.41, 5.74) is 0.850. The van der Waals surface area contributed by atoms with Crippen LogP contribution in [0.1, 0.15) is 25.5 Å². The normalized spacial score (nSPS) is 12.2. The molecule has 3 nitrogen and oxygen atoms in total. The summed E-state index contributed by atoms with van der Waals surface area (Å²) in [6.07, 6.45) is 0. The molecular formula is C16H18FNO2. The molecule has 2 aromatic rings. The lowest BCUT2D eigenvalue weighted by Gasteiger charge is -2.31. The minimum absolute atomic E-state index is 0.00675. The van der Waals surface area contributed by atoms with Crippen LogP contribution in [-0.4, -0.2) is 16.8 Å². The Labute approximate surface area is 117 Å². The van der Waals surface area contributed by atoms with Crippen molar-refractivity contribution in [3.05, 3.63) is 53.8 Å². The van der Waals surface area contributed by atoms with E-state index in [1.54, 1.807) is 29.2 Å². The first-order valence-corrected chi connectivity index (χ1v) is 6.58. The second-order valence-electron chi connectivity index (χ2n) is 4.62. The standard InChI is InChI=1S/C16H18FNO2/c1-3-18(13-8-5-4-7-12(13)17)11(2)16-14(19)9-6-10-15(16)20/h4-11,19-20H,3H2,1-2H3. The molecule has 0 spiro atoms. The molecule has 0 aromatic heterocycles. The predicted octanol–water partition coefficient (Wildman–Crippen LogP) is 3.82. The smallest absolute Gasteiger partial charge is 0.146 e. The Morgan fingerprint density at radius 3 is 2.20 bits per heavy atom. The van der Waals surface area contributed by atoms with Gasteiger partial charge in [-0.1, -0.05) is 18.2 Å². The minimum Gasteiger partial charge on any atom is -0.507 e. The van der Waals surface area contributed by atoms with Gasteiger partial charge in [-0.3, -0.25) is 0 Å². The molecule has 0 radical (unpaired) electrons. The summed E-state index contributed by atoms with van der Waals surface area (Å²) in [6.45, 7) is 4.28. The minimum atomic E-state index is -0.349. The fourth-order valence-electron chi connectivity index (χ4n) is 2.46. The van der Waals surface area contributed by atoms with Crippen molar-refractivity contribution in [2.75, 3.05) is 11.4 Å². The van der Waals surface area contributed by atoms with Crippen LogP contribution in [0.2, 0.25) is 0 Å². The number of halogens is 1. The number of anilines is 1. The van der Waals surface area contributed by atoms with E-state index >= 15 is 0 Å². The number of benzene rings is 2. The maximum absolute atomic E-state index is 13.9. The molecule has 20 heavy (non-hydrogen) atoms. The third kappa shape index (κ3) is 2.54. The molecule has 0 amide bonds. The first kappa shape index (κ1) is 14.2. The molecule has 0 aliphatic carbocycles. The Morgan fingerprint density at radius 1 is 1.05 bits per heavy atom. The van der Waals surface area contributed by atoms with Crippen molar-refractivity contribution in [2.24, 2.45) is 0 Å². The summed E-state index contributed by atoms with van der Waals surface area (Å²) < 4.78 is 13.9. The van der Waals surface area contributed by atoms with Gasteiger partial charge in [-0.15, -0.1) is 0 Å². The molecule has 2 aromatic carbocycles. The summed E-state index contributed by atoms with van der Waals surface area (Å²) in [5.74, 6) is -0.310. The highest BCUT2D eigenvalue weighted by Crippen LogP contribution is 2.37. The van der Waals surface area contributed by atoms with Gasteiger partial charge in [0.15, 0.2) is 0 Å². The van der Waals surface area contributed by atoms with Crippen LogP contribution in [0.4, 0.5) is 10.1 Å². The SMILES string of the molecule is CCN(c1ccccc1F)C(C)c1c(O)cccc1O. The fraction of sp³-hybridized carbons (Fsp3) is 0.250. The molecular weight excluding hydrogens is 257 g/mol. The molecule has 0 saturated heterocycles. The summed E-state index contributed by atoms with van der Waals surface area (Å²) in [4.78, 5) is 1.80. The number of para-hydroxylation sites is 1. The molecule has 1 atom stereocenters. The van der Waals surface area contributed by atoms with E-state index in [2.05, 4.69) is 0 Å². The van der Waals surface area contributed by atoms with E-state index in [0.29, 0.717) is 17.8 Å². The predicted molar refractivity (Wildman–Crippen MR) is 77.6 cm³/mol. The Bertz CT molecular complexity index is 581. The molecule has 0 saturated carbocycles. The van der Waals surface area contributed by atoms with Crippen LogP contribution >= 0.6 is 0 Å². The summed E-state index contributed by atoms with van der Waals surface area (Å²) in [6, 6.07) is 10.7. The zero-order valence-electron chi connectivity index (χ0n) is 11.5. The van der Waals surface area contributed by atoms with Gasteiger partial charge in [-0.2, -0.15) is 0 Å². The second kappa shape index (κ2) is 5.82. The first-order valence-electron chi connectivity index (χ1n) is 6.58. The number of hydrogen-bond donors (Lipinski definition) is 2. The number of rotatable bonds is 4. The maximum atomic E-state index is 13.9. The van der Waals surface area contributed by atoms with Crippen molar-refractivity contribution in [2.45, 2.75) is 19.9 Å². The van der Waals surface area contributed by atoms with Crippen LogP contribution in [0.25, 0.3) is 0 Å². The molecule has 0 fully saturated rings. The fourth-order valence-corrected chi connectivity index (χ4v) is 2.46. The van der Waals surface area contributed by atoms with Crippen molar-refractivity contribution in [3.8, 4) is 11.5 Å². The van der Waals surface area contributed by atoms with E-state index in [-0.39, 0.29) is 23.4 Å². The van der Waals surface area contributed by atoms with Crippen LogP contribution in [0.5, 0.6) is 11.5 Å². The molecule has 0 aliphatic heterocycles. The Morgan fingerprint density at radius 2 is 1.65 bits per heavy atom.